The smallest absolute Gasteiger partial charge is 0.0421 e. The molecule has 1 heterocycles. The van der Waals surface area contributed by atoms with Crippen LogP contribution in [-0.2, 0) is 0 Å². The Morgan fingerprint density at radius 1 is 1.11 bits per heavy atom. The molecule has 2 rings (SSSR count). The van der Waals surface area contributed by atoms with E-state index in [0.29, 0.717) is 0 Å². The molecule has 0 unspecified atom stereocenters. The Labute approximate surface area is 109 Å². The molecular formula is C15H21N3. The van der Waals surface area contributed by atoms with Gasteiger partial charge in [-0.2, -0.15) is 0 Å². The maximum Gasteiger partial charge on any atom is 0.0421 e. The molecule has 2 aromatic rings. The molecule has 0 spiro atoms. The first kappa shape index (κ1) is 12.8. The maximum absolute atomic E-state index is 4.14. The minimum absolute atomic E-state index is 0.171. The van der Waals surface area contributed by atoms with Crippen LogP contribution in [0.1, 0.15) is 20.8 Å². The molecule has 0 aliphatic carbocycles. The van der Waals surface area contributed by atoms with E-state index < -0.39 is 0 Å². The SMILES string of the molecule is CC(C)(C)NCCNc1cccc2cnccc12. The van der Waals surface area contributed by atoms with Crippen LogP contribution in [0.2, 0.25) is 0 Å². The minimum Gasteiger partial charge on any atom is -0.383 e. The first-order valence-electron chi connectivity index (χ1n) is 6.38. The van der Waals surface area contributed by atoms with E-state index in [1.807, 2.05) is 12.4 Å². The standard InChI is InChI=1S/C15H21N3/c1-15(2,3)18-10-9-17-14-6-4-5-12-11-16-8-7-13(12)14/h4-8,11,17-18H,9-10H2,1-3H3. The van der Waals surface area contributed by atoms with E-state index in [2.05, 4.69) is 60.7 Å². The van der Waals surface area contributed by atoms with E-state index in [-0.39, 0.29) is 5.54 Å². The zero-order chi connectivity index (χ0) is 13.0. The molecule has 0 saturated heterocycles. The van der Waals surface area contributed by atoms with Crippen LogP contribution in [-0.4, -0.2) is 23.6 Å². The third-order valence-electron chi connectivity index (χ3n) is 2.78. The third-order valence-corrected chi connectivity index (χ3v) is 2.78. The van der Waals surface area contributed by atoms with Crippen molar-refractivity contribution < 1.29 is 0 Å². The van der Waals surface area contributed by atoms with Crippen molar-refractivity contribution in [3.8, 4) is 0 Å². The van der Waals surface area contributed by atoms with Gasteiger partial charge >= 0.3 is 0 Å². The zero-order valence-corrected chi connectivity index (χ0v) is 11.3. The van der Waals surface area contributed by atoms with Crippen molar-refractivity contribution >= 4 is 16.5 Å². The predicted molar refractivity (Wildman–Crippen MR) is 78.0 cm³/mol. The molecule has 3 heteroatoms. The molecule has 0 radical (unpaired) electrons. The number of hydrogen-bond donors (Lipinski definition) is 2. The monoisotopic (exact) mass is 243 g/mol. The van der Waals surface area contributed by atoms with Crippen molar-refractivity contribution in [2.75, 3.05) is 18.4 Å². The molecule has 0 aliphatic heterocycles. The van der Waals surface area contributed by atoms with Gasteiger partial charge in [-0.3, -0.25) is 4.98 Å². The van der Waals surface area contributed by atoms with Crippen LogP contribution in [0.4, 0.5) is 5.69 Å². The number of rotatable bonds is 4. The number of pyridine rings is 1. The van der Waals surface area contributed by atoms with Crippen molar-refractivity contribution in [1.82, 2.24) is 10.3 Å². The van der Waals surface area contributed by atoms with Crippen LogP contribution >= 0.6 is 0 Å². The Bertz CT molecular complexity index is 509. The lowest BCUT2D eigenvalue weighted by molar-refractivity contribution is 0.435. The number of anilines is 1. The lowest BCUT2D eigenvalue weighted by atomic mass is 10.1. The predicted octanol–water partition coefficient (Wildman–Crippen LogP) is 3.03. The van der Waals surface area contributed by atoms with Gasteiger partial charge in [-0.25, -0.2) is 0 Å². The summed E-state index contributed by atoms with van der Waals surface area (Å²) in [4.78, 5) is 4.14. The van der Waals surface area contributed by atoms with E-state index in [1.54, 1.807) is 0 Å². The molecule has 0 fully saturated rings. The third kappa shape index (κ3) is 3.44. The molecule has 1 aromatic carbocycles. The molecule has 0 amide bonds. The fourth-order valence-electron chi connectivity index (χ4n) is 1.91. The van der Waals surface area contributed by atoms with Crippen LogP contribution in [0, 0.1) is 0 Å². The van der Waals surface area contributed by atoms with Crippen molar-refractivity contribution in [1.29, 1.82) is 0 Å². The van der Waals surface area contributed by atoms with Gasteiger partial charge in [0.15, 0.2) is 0 Å². The van der Waals surface area contributed by atoms with Crippen LogP contribution in [0.25, 0.3) is 10.8 Å². The van der Waals surface area contributed by atoms with Crippen LogP contribution in [0.3, 0.4) is 0 Å². The van der Waals surface area contributed by atoms with E-state index in [1.165, 1.54) is 16.5 Å². The molecular weight excluding hydrogens is 222 g/mol. The quantitative estimate of drug-likeness (QED) is 0.810. The summed E-state index contributed by atoms with van der Waals surface area (Å²) in [6, 6.07) is 8.30. The summed E-state index contributed by atoms with van der Waals surface area (Å²) in [5.74, 6) is 0. The molecule has 1 aromatic heterocycles. The van der Waals surface area contributed by atoms with E-state index in [9.17, 15) is 0 Å². The molecule has 0 atom stereocenters. The second kappa shape index (κ2) is 5.36. The molecule has 96 valence electrons. The van der Waals surface area contributed by atoms with Gasteiger partial charge in [-0.1, -0.05) is 12.1 Å². The number of benzene rings is 1. The summed E-state index contributed by atoms with van der Waals surface area (Å²) >= 11 is 0. The second-order valence-corrected chi connectivity index (χ2v) is 5.51. The van der Waals surface area contributed by atoms with Gasteiger partial charge in [0.1, 0.15) is 0 Å². The Kier molecular flexibility index (Phi) is 3.82. The van der Waals surface area contributed by atoms with Crippen LogP contribution in [0.15, 0.2) is 36.7 Å². The normalized spacial score (nSPS) is 11.7. The van der Waals surface area contributed by atoms with Gasteiger partial charge < -0.3 is 10.6 Å². The van der Waals surface area contributed by atoms with Crippen molar-refractivity contribution in [3.05, 3.63) is 36.7 Å². The molecule has 0 saturated carbocycles. The van der Waals surface area contributed by atoms with Gasteiger partial charge in [0.25, 0.3) is 0 Å². The number of aromatic nitrogens is 1. The average Bonchev–Trinajstić information content (AvgIpc) is 2.33. The largest absolute Gasteiger partial charge is 0.383 e. The zero-order valence-electron chi connectivity index (χ0n) is 11.3. The number of hydrogen-bond acceptors (Lipinski definition) is 3. The topological polar surface area (TPSA) is 37.0 Å². The lowest BCUT2D eigenvalue weighted by Gasteiger charge is -2.21. The van der Waals surface area contributed by atoms with Crippen molar-refractivity contribution in [2.24, 2.45) is 0 Å². The van der Waals surface area contributed by atoms with Gasteiger partial charge in [0, 0.05) is 47.5 Å². The highest BCUT2D eigenvalue weighted by molar-refractivity contribution is 5.93. The van der Waals surface area contributed by atoms with Gasteiger partial charge in [-0.05, 0) is 32.9 Å². The summed E-state index contributed by atoms with van der Waals surface area (Å²) in [5.41, 5.74) is 1.34. The summed E-state index contributed by atoms with van der Waals surface area (Å²) in [6.45, 7) is 8.40. The number of nitrogens with one attached hydrogen (secondary N) is 2. The highest BCUT2D eigenvalue weighted by Crippen LogP contribution is 2.21. The maximum atomic E-state index is 4.14. The molecule has 0 aliphatic rings. The van der Waals surface area contributed by atoms with E-state index in [4.69, 9.17) is 0 Å². The molecule has 3 nitrogen and oxygen atoms in total. The Balaban J connectivity index is 2.00. The second-order valence-electron chi connectivity index (χ2n) is 5.51. The molecule has 0 bridgehead atoms. The fourth-order valence-corrected chi connectivity index (χ4v) is 1.91. The first-order chi connectivity index (χ1) is 8.56. The van der Waals surface area contributed by atoms with Crippen LogP contribution < -0.4 is 10.6 Å². The van der Waals surface area contributed by atoms with Gasteiger partial charge in [0.05, 0.1) is 0 Å². The van der Waals surface area contributed by atoms with Crippen LogP contribution in [0.5, 0.6) is 0 Å². The highest BCUT2D eigenvalue weighted by Gasteiger charge is 2.07. The lowest BCUT2D eigenvalue weighted by Crippen LogP contribution is -2.38. The summed E-state index contributed by atoms with van der Waals surface area (Å²) < 4.78 is 0. The number of nitrogens with zero attached hydrogens (tertiary/aromatic N) is 1. The van der Waals surface area contributed by atoms with Crippen molar-refractivity contribution in [3.63, 3.8) is 0 Å². The highest BCUT2D eigenvalue weighted by atomic mass is 15.0. The average molecular weight is 243 g/mol. The van der Waals surface area contributed by atoms with Gasteiger partial charge in [-0.15, -0.1) is 0 Å². The Morgan fingerprint density at radius 2 is 1.94 bits per heavy atom. The number of fused-ring (bicyclic) bond motifs is 1. The van der Waals surface area contributed by atoms with E-state index >= 15 is 0 Å². The first-order valence-corrected chi connectivity index (χ1v) is 6.38. The fraction of sp³-hybridized carbons (Fsp3) is 0.400. The summed E-state index contributed by atoms with van der Waals surface area (Å²) in [5, 5.41) is 9.33. The summed E-state index contributed by atoms with van der Waals surface area (Å²) in [7, 11) is 0. The molecule has 18 heavy (non-hydrogen) atoms. The van der Waals surface area contributed by atoms with E-state index in [0.717, 1.165) is 13.1 Å². The van der Waals surface area contributed by atoms with Gasteiger partial charge in [0.2, 0.25) is 0 Å². The minimum atomic E-state index is 0.171. The Morgan fingerprint density at radius 3 is 2.72 bits per heavy atom. The molecule has 2 N–H and O–H groups in total. The Hall–Kier alpha value is -1.61. The summed E-state index contributed by atoms with van der Waals surface area (Å²) in [6.07, 6.45) is 3.73. The van der Waals surface area contributed by atoms with Crippen molar-refractivity contribution in [2.45, 2.75) is 26.3 Å².